The first kappa shape index (κ1) is 19.3. The van der Waals surface area contributed by atoms with Crippen LogP contribution in [-0.2, 0) is 9.59 Å². The van der Waals surface area contributed by atoms with Crippen LogP contribution in [0.3, 0.4) is 0 Å². The average Bonchev–Trinajstić information content (AvgIpc) is 2.61. The summed E-state index contributed by atoms with van der Waals surface area (Å²) in [5, 5.41) is 21.1. The van der Waals surface area contributed by atoms with Crippen LogP contribution >= 0.6 is 23.2 Å². The van der Waals surface area contributed by atoms with Crippen LogP contribution < -0.4 is 10.1 Å². The van der Waals surface area contributed by atoms with Crippen LogP contribution in [0.5, 0.6) is 5.75 Å². The maximum Gasteiger partial charge on any atom is 0.341 e. The predicted octanol–water partition coefficient (Wildman–Crippen LogP) is 4.00. The SMILES string of the molecule is N#C/C(=C\c1cccc(OCC(=O)O)c1)C(=O)Nc1cc(Cl)ccc1Cl. The van der Waals surface area contributed by atoms with Gasteiger partial charge in [0.05, 0.1) is 10.7 Å². The highest BCUT2D eigenvalue weighted by Gasteiger charge is 2.12. The fourth-order valence-electron chi connectivity index (χ4n) is 1.94. The minimum atomic E-state index is -1.11. The van der Waals surface area contributed by atoms with E-state index in [4.69, 9.17) is 33.0 Å². The smallest absolute Gasteiger partial charge is 0.341 e. The molecule has 6 nitrogen and oxygen atoms in total. The molecule has 0 bridgehead atoms. The van der Waals surface area contributed by atoms with Crippen molar-refractivity contribution in [2.24, 2.45) is 0 Å². The third kappa shape index (κ3) is 5.52. The Morgan fingerprint density at radius 3 is 2.69 bits per heavy atom. The van der Waals surface area contributed by atoms with Gasteiger partial charge in [-0.2, -0.15) is 5.26 Å². The Morgan fingerprint density at radius 2 is 2.00 bits per heavy atom. The van der Waals surface area contributed by atoms with Gasteiger partial charge < -0.3 is 15.2 Å². The van der Waals surface area contributed by atoms with Gasteiger partial charge in [-0.25, -0.2) is 4.79 Å². The quantitative estimate of drug-likeness (QED) is 0.573. The molecular formula is C18H12Cl2N2O4. The van der Waals surface area contributed by atoms with Crippen LogP contribution in [0, 0.1) is 11.3 Å². The zero-order valence-corrected chi connectivity index (χ0v) is 14.7. The van der Waals surface area contributed by atoms with Crippen molar-refractivity contribution in [2.75, 3.05) is 11.9 Å². The van der Waals surface area contributed by atoms with Gasteiger partial charge in [0.2, 0.25) is 0 Å². The number of nitrogens with zero attached hydrogens (tertiary/aromatic N) is 1. The summed E-state index contributed by atoms with van der Waals surface area (Å²) in [6.07, 6.45) is 1.35. The van der Waals surface area contributed by atoms with E-state index in [9.17, 15) is 14.9 Å². The minimum Gasteiger partial charge on any atom is -0.482 e. The first-order chi connectivity index (χ1) is 12.4. The zero-order chi connectivity index (χ0) is 19.1. The van der Waals surface area contributed by atoms with Crippen molar-refractivity contribution in [3.05, 3.63) is 63.6 Å². The van der Waals surface area contributed by atoms with E-state index in [1.165, 1.54) is 24.3 Å². The molecule has 0 radical (unpaired) electrons. The maximum absolute atomic E-state index is 12.3. The van der Waals surface area contributed by atoms with E-state index in [1.807, 2.05) is 6.07 Å². The van der Waals surface area contributed by atoms with Crippen molar-refractivity contribution in [1.29, 1.82) is 5.26 Å². The molecule has 0 aromatic heterocycles. The summed E-state index contributed by atoms with van der Waals surface area (Å²) in [5.41, 5.74) is 0.608. The number of benzene rings is 2. The number of rotatable bonds is 6. The van der Waals surface area contributed by atoms with Gasteiger partial charge in [-0.15, -0.1) is 0 Å². The molecule has 2 rings (SSSR count). The molecule has 0 atom stereocenters. The number of carbonyl (C=O) groups excluding carboxylic acids is 1. The Balaban J connectivity index is 2.20. The largest absolute Gasteiger partial charge is 0.482 e. The number of hydrogen-bond donors (Lipinski definition) is 2. The van der Waals surface area contributed by atoms with E-state index in [0.717, 1.165) is 0 Å². The Labute approximate surface area is 159 Å². The van der Waals surface area contributed by atoms with Gasteiger partial charge in [-0.1, -0.05) is 35.3 Å². The minimum absolute atomic E-state index is 0.170. The van der Waals surface area contributed by atoms with E-state index >= 15 is 0 Å². The number of carboxylic acids is 1. The van der Waals surface area contributed by atoms with Crippen LogP contribution in [0.2, 0.25) is 10.0 Å². The lowest BCUT2D eigenvalue weighted by Crippen LogP contribution is -2.13. The third-order valence-electron chi connectivity index (χ3n) is 3.07. The number of nitrogens with one attached hydrogen (secondary N) is 1. The van der Waals surface area contributed by atoms with Crippen molar-refractivity contribution in [3.8, 4) is 11.8 Å². The molecule has 0 saturated carbocycles. The van der Waals surface area contributed by atoms with Crippen molar-refractivity contribution in [3.63, 3.8) is 0 Å². The molecule has 132 valence electrons. The maximum atomic E-state index is 12.3. The molecule has 0 aliphatic rings. The van der Waals surface area contributed by atoms with Crippen molar-refractivity contribution in [1.82, 2.24) is 0 Å². The third-order valence-corrected chi connectivity index (χ3v) is 3.64. The van der Waals surface area contributed by atoms with Gasteiger partial charge in [0.25, 0.3) is 5.91 Å². The monoisotopic (exact) mass is 390 g/mol. The van der Waals surface area contributed by atoms with Gasteiger partial charge >= 0.3 is 5.97 Å². The molecule has 2 aromatic rings. The molecule has 0 aliphatic carbocycles. The molecule has 0 spiro atoms. The second-order valence-corrected chi connectivity index (χ2v) is 5.85. The van der Waals surface area contributed by atoms with Gasteiger partial charge in [0.15, 0.2) is 6.61 Å². The van der Waals surface area contributed by atoms with Gasteiger partial charge in [0, 0.05) is 5.02 Å². The predicted molar refractivity (Wildman–Crippen MR) is 98.3 cm³/mol. The van der Waals surface area contributed by atoms with Gasteiger partial charge in [0.1, 0.15) is 17.4 Å². The number of hydrogen-bond acceptors (Lipinski definition) is 4. The summed E-state index contributed by atoms with van der Waals surface area (Å²) in [4.78, 5) is 22.8. The van der Waals surface area contributed by atoms with Crippen LogP contribution in [0.4, 0.5) is 5.69 Å². The van der Waals surface area contributed by atoms with Gasteiger partial charge in [-0.3, -0.25) is 4.79 Å². The number of carbonyl (C=O) groups is 2. The standard InChI is InChI=1S/C18H12Cl2N2O4/c19-13-4-5-15(20)16(8-13)22-18(25)12(9-21)6-11-2-1-3-14(7-11)26-10-17(23)24/h1-8H,10H2,(H,22,25)(H,23,24)/b12-6+. The van der Waals surface area contributed by atoms with Crippen molar-refractivity contribution < 1.29 is 19.4 Å². The molecule has 2 aromatic carbocycles. The molecule has 0 aliphatic heterocycles. The molecule has 0 unspecified atom stereocenters. The van der Waals surface area contributed by atoms with Gasteiger partial charge in [-0.05, 0) is 42.0 Å². The molecule has 0 fully saturated rings. The molecule has 0 heterocycles. The number of anilines is 1. The van der Waals surface area contributed by atoms with Crippen molar-refractivity contribution in [2.45, 2.75) is 0 Å². The lowest BCUT2D eigenvalue weighted by molar-refractivity contribution is -0.139. The van der Waals surface area contributed by atoms with Crippen LogP contribution in [0.25, 0.3) is 6.08 Å². The Morgan fingerprint density at radius 1 is 1.23 bits per heavy atom. The molecule has 8 heteroatoms. The highest BCUT2D eigenvalue weighted by molar-refractivity contribution is 6.36. The summed E-state index contributed by atoms with van der Waals surface area (Å²) in [5.74, 6) is -1.47. The highest BCUT2D eigenvalue weighted by Crippen LogP contribution is 2.26. The summed E-state index contributed by atoms with van der Waals surface area (Å²) in [7, 11) is 0. The van der Waals surface area contributed by atoms with E-state index in [-0.39, 0.29) is 16.3 Å². The Bertz CT molecular complexity index is 920. The number of carboxylic acid groups (broad SMARTS) is 1. The first-order valence-electron chi connectivity index (χ1n) is 7.22. The number of nitriles is 1. The molecule has 26 heavy (non-hydrogen) atoms. The second kappa shape index (κ2) is 8.90. The Hall–Kier alpha value is -3.01. The second-order valence-electron chi connectivity index (χ2n) is 5.00. The van der Waals surface area contributed by atoms with Crippen LogP contribution in [0.1, 0.15) is 5.56 Å². The zero-order valence-electron chi connectivity index (χ0n) is 13.2. The lowest BCUT2D eigenvalue weighted by Gasteiger charge is -2.07. The summed E-state index contributed by atoms with van der Waals surface area (Å²) < 4.78 is 5.06. The summed E-state index contributed by atoms with van der Waals surface area (Å²) in [6, 6.07) is 12.7. The van der Waals surface area contributed by atoms with E-state index in [0.29, 0.717) is 16.3 Å². The topological polar surface area (TPSA) is 99.4 Å². The molecule has 0 saturated heterocycles. The summed E-state index contributed by atoms with van der Waals surface area (Å²) >= 11 is 11.9. The molecule has 2 N–H and O–H groups in total. The Kier molecular flexibility index (Phi) is 6.61. The van der Waals surface area contributed by atoms with Crippen molar-refractivity contribution >= 4 is 46.8 Å². The average molecular weight is 391 g/mol. The molecule has 1 amide bonds. The molecular weight excluding hydrogens is 379 g/mol. The number of amides is 1. The fraction of sp³-hybridized carbons (Fsp3) is 0.0556. The number of aliphatic carboxylic acids is 1. The van der Waals surface area contributed by atoms with E-state index < -0.39 is 18.5 Å². The normalized spacial score (nSPS) is 10.7. The van der Waals surface area contributed by atoms with E-state index in [1.54, 1.807) is 24.3 Å². The van der Waals surface area contributed by atoms with Crippen LogP contribution in [0.15, 0.2) is 48.0 Å². The first-order valence-corrected chi connectivity index (χ1v) is 7.97. The lowest BCUT2D eigenvalue weighted by atomic mass is 10.1. The van der Waals surface area contributed by atoms with Crippen LogP contribution in [-0.4, -0.2) is 23.6 Å². The number of halogens is 2. The fourth-order valence-corrected chi connectivity index (χ4v) is 2.27. The van der Waals surface area contributed by atoms with E-state index in [2.05, 4.69) is 5.32 Å². The summed E-state index contributed by atoms with van der Waals surface area (Å²) in [6.45, 7) is -0.494. The number of ether oxygens (including phenoxy) is 1. The highest BCUT2D eigenvalue weighted by atomic mass is 35.5.